The number of hydrogen-bond donors (Lipinski definition) is 3. The zero-order valence-electron chi connectivity index (χ0n) is 12.0. The van der Waals surface area contributed by atoms with Crippen molar-refractivity contribution in [2.24, 2.45) is 0 Å². The molecule has 3 N–H and O–H groups in total. The van der Waals surface area contributed by atoms with E-state index in [1.54, 1.807) is 6.07 Å². The first kappa shape index (κ1) is 18.1. The molecular formula is C14H14O9. The fourth-order valence-electron chi connectivity index (χ4n) is 1.71. The number of esters is 2. The van der Waals surface area contributed by atoms with Crippen molar-refractivity contribution in [3.8, 4) is 5.75 Å². The molecule has 1 aromatic rings. The van der Waals surface area contributed by atoms with Gasteiger partial charge in [0.25, 0.3) is 0 Å². The van der Waals surface area contributed by atoms with Crippen LogP contribution in [0.2, 0.25) is 0 Å². The monoisotopic (exact) mass is 326 g/mol. The lowest BCUT2D eigenvalue weighted by Crippen LogP contribution is -2.43. The average Bonchev–Trinajstić information content (AvgIpc) is 2.45. The third kappa shape index (κ3) is 4.78. The van der Waals surface area contributed by atoms with Gasteiger partial charge in [0.15, 0.2) is 5.60 Å². The van der Waals surface area contributed by atoms with Gasteiger partial charge in [0.1, 0.15) is 11.3 Å². The van der Waals surface area contributed by atoms with Crippen LogP contribution >= 0.6 is 0 Å². The van der Waals surface area contributed by atoms with Crippen molar-refractivity contribution in [1.82, 2.24) is 0 Å². The maximum atomic E-state index is 11.8. The van der Waals surface area contributed by atoms with Crippen molar-refractivity contribution in [3.63, 3.8) is 0 Å². The van der Waals surface area contributed by atoms with E-state index in [1.165, 1.54) is 25.3 Å². The summed E-state index contributed by atoms with van der Waals surface area (Å²) >= 11 is 0. The number of methoxy groups -OCH3 is 1. The third-order valence-electron chi connectivity index (χ3n) is 2.81. The van der Waals surface area contributed by atoms with Gasteiger partial charge >= 0.3 is 23.9 Å². The average molecular weight is 326 g/mol. The largest absolute Gasteiger partial charge is 0.496 e. The second-order valence-corrected chi connectivity index (χ2v) is 4.55. The normalized spacial score (nSPS) is 12.8. The van der Waals surface area contributed by atoms with E-state index >= 15 is 0 Å². The molecule has 1 rings (SSSR count). The smallest absolute Gasteiger partial charge is 0.349 e. The van der Waals surface area contributed by atoms with E-state index in [9.17, 15) is 24.3 Å². The maximum Gasteiger partial charge on any atom is 0.349 e. The number of carboxylic acid groups (broad SMARTS) is 2. The van der Waals surface area contributed by atoms with E-state index in [0.29, 0.717) is 0 Å². The van der Waals surface area contributed by atoms with Crippen LogP contribution in [0.15, 0.2) is 24.3 Å². The van der Waals surface area contributed by atoms with Gasteiger partial charge < -0.3 is 24.8 Å². The molecule has 0 aliphatic rings. The predicted molar refractivity (Wildman–Crippen MR) is 72.9 cm³/mol. The molecule has 0 radical (unpaired) electrons. The molecule has 9 nitrogen and oxygen atoms in total. The zero-order valence-corrected chi connectivity index (χ0v) is 12.0. The number of rotatable bonds is 7. The van der Waals surface area contributed by atoms with Crippen LogP contribution in [0.3, 0.4) is 0 Å². The lowest BCUT2D eigenvalue weighted by atomic mass is 9.96. The number of benzene rings is 1. The number of carbonyl (C=O) groups is 4. The van der Waals surface area contributed by atoms with Crippen molar-refractivity contribution in [3.05, 3.63) is 29.8 Å². The van der Waals surface area contributed by atoms with Gasteiger partial charge in [-0.2, -0.15) is 0 Å². The van der Waals surface area contributed by atoms with Gasteiger partial charge in [0.2, 0.25) is 0 Å². The van der Waals surface area contributed by atoms with Crippen LogP contribution in [0, 0.1) is 0 Å². The van der Waals surface area contributed by atoms with Crippen LogP contribution in [0.25, 0.3) is 0 Å². The molecule has 0 heterocycles. The quantitative estimate of drug-likeness (QED) is 0.467. The van der Waals surface area contributed by atoms with E-state index in [4.69, 9.17) is 14.9 Å². The Morgan fingerprint density at radius 3 is 2.22 bits per heavy atom. The van der Waals surface area contributed by atoms with Gasteiger partial charge in [-0.25, -0.2) is 9.59 Å². The molecular weight excluding hydrogens is 312 g/mol. The zero-order chi connectivity index (χ0) is 17.6. The van der Waals surface area contributed by atoms with Crippen LogP contribution in [-0.2, 0) is 19.1 Å². The Labute approximate surface area is 130 Å². The highest BCUT2D eigenvalue weighted by Gasteiger charge is 2.42. The molecule has 0 bridgehead atoms. The number of aliphatic carboxylic acids is 2. The number of carboxylic acids is 2. The molecule has 0 aliphatic heterocycles. The van der Waals surface area contributed by atoms with E-state index in [0.717, 1.165) is 0 Å². The Bertz CT molecular complexity index is 637. The highest BCUT2D eigenvalue weighted by molar-refractivity contribution is 6.00. The molecule has 0 saturated carbocycles. The number of ether oxygens (including phenoxy) is 2. The van der Waals surface area contributed by atoms with Crippen molar-refractivity contribution in [1.29, 1.82) is 0 Å². The summed E-state index contributed by atoms with van der Waals surface area (Å²) in [5.41, 5.74) is -2.95. The molecule has 0 amide bonds. The Morgan fingerprint density at radius 2 is 1.70 bits per heavy atom. The summed E-state index contributed by atoms with van der Waals surface area (Å²) in [5.74, 6) is -5.91. The number of carbonyl (C=O) groups excluding carboxylic acids is 2. The van der Waals surface area contributed by atoms with E-state index in [2.05, 4.69) is 4.74 Å². The van der Waals surface area contributed by atoms with Crippen molar-refractivity contribution < 1.29 is 44.0 Å². The van der Waals surface area contributed by atoms with Crippen molar-refractivity contribution >= 4 is 23.9 Å². The third-order valence-corrected chi connectivity index (χ3v) is 2.81. The summed E-state index contributed by atoms with van der Waals surface area (Å²) in [6, 6.07) is 5.82. The van der Waals surface area contributed by atoms with Gasteiger partial charge in [0.05, 0.1) is 20.0 Å². The summed E-state index contributed by atoms with van der Waals surface area (Å²) in [5, 5.41) is 27.1. The summed E-state index contributed by atoms with van der Waals surface area (Å²) < 4.78 is 9.34. The van der Waals surface area contributed by atoms with Crippen LogP contribution in [0.4, 0.5) is 0 Å². The van der Waals surface area contributed by atoms with E-state index in [1.807, 2.05) is 0 Å². The van der Waals surface area contributed by atoms with Gasteiger partial charge in [0, 0.05) is 0 Å². The molecule has 0 fully saturated rings. The molecule has 1 unspecified atom stereocenters. The highest BCUT2D eigenvalue weighted by atomic mass is 16.6. The predicted octanol–water partition coefficient (Wildman–Crippen LogP) is 0.0591. The first-order valence-corrected chi connectivity index (χ1v) is 6.25. The Balaban J connectivity index is 2.84. The lowest BCUT2D eigenvalue weighted by Gasteiger charge is -2.19. The van der Waals surface area contributed by atoms with E-state index in [-0.39, 0.29) is 11.3 Å². The molecule has 1 aromatic carbocycles. The molecule has 9 heteroatoms. The minimum Gasteiger partial charge on any atom is -0.496 e. The van der Waals surface area contributed by atoms with Gasteiger partial charge in [-0.3, -0.25) is 9.59 Å². The maximum absolute atomic E-state index is 11.8. The van der Waals surface area contributed by atoms with Crippen LogP contribution in [-0.4, -0.2) is 51.9 Å². The Morgan fingerprint density at radius 1 is 1.09 bits per heavy atom. The molecule has 124 valence electrons. The van der Waals surface area contributed by atoms with E-state index < -0.39 is 42.3 Å². The number of para-hydroxylation sites is 1. The first-order valence-electron chi connectivity index (χ1n) is 6.25. The summed E-state index contributed by atoms with van der Waals surface area (Å²) in [7, 11) is 1.30. The van der Waals surface area contributed by atoms with Crippen molar-refractivity contribution in [2.75, 3.05) is 7.11 Å². The molecule has 0 aliphatic carbocycles. The number of hydrogen-bond acceptors (Lipinski definition) is 7. The minimum absolute atomic E-state index is 0.0829. The topological polar surface area (TPSA) is 147 Å². The SMILES string of the molecule is COc1ccccc1C(=O)OC(=O)CC(O)(CC(=O)O)C(=O)O. The summed E-state index contributed by atoms with van der Waals surface area (Å²) in [4.78, 5) is 45.0. The first-order chi connectivity index (χ1) is 10.7. The molecule has 23 heavy (non-hydrogen) atoms. The summed E-state index contributed by atoms with van der Waals surface area (Å²) in [6.07, 6.45) is -2.42. The Hall–Kier alpha value is -2.94. The fraction of sp³-hybridized carbons (Fsp3) is 0.286. The Kier molecular flexibility index (Phi) is 5.80. The molecule has 0 saturated heterocycles. The van der Waals surface area contributed by atoms with Gasteiger partial charge in [-0.1, -0.05) is 12.1 Å². The standard InChI is InChI=1S/C14H14O9/c1-22-9-5-3-2-4-8(9)12(18)23-11(17)7-14(21,13(19)20)6-10(15)16/h2-5,21H,6-7H2,1H3,(H,15,16)(H,19,20). The second kappa shape index (κ2) is 7.36. The van der Waals surface area contributed by atoms with Gasteiger partial charge in [-0.15, -0.1) is 0 Å². The minimum atomic E-state index is -2.87. The molecule has 0 spiro atoms. The highest BCUT2D eigenvalue weighted by Crippen LogP contribution is 2.20. The lowest BCUT2D eigenvalue weighted by molar-refractivity contribution is -0.170. The van der Waals surface area contributed by atoms with Crippen LogP contribution in [0.5, 0.6) is 5.75 Å². The van der Waals surface area contributed by atoms with Crippen molar-refractivity contribution in [2.45, 2.75) is 18.4 Å². The van der Waals surface area contributed by atoms with Gasteiger partial charge in [-0.05, 0) is 12.1 Å². The molecule has 1 atom stereocenters. The van der Waals surface area contributed by atoms with Crippen LogP contribution < -0.4 is 4.74 Å². The second-order valence-electron chi connectivity index (χ2n) is 4.55. The number of aliphatic hydroxyl groups is 1. The van der Waals surface area contributed by atoms with Crippen LogP contribution in [0.1, 0.15) is 23.2 Å². The summed E-state index contributed by atoms with van der Waals surface area (Å²) in [6.45, 7) is 0. The fourth-order valence-corrected chi connectivity index (χ4v) is 1.71. The molecule has 0 aromatic heterocycles.